The van der Waals surface area contributed by atoms with E-state index in [1.165, 1.54) is 9.80 Å². The molecule has 1 atom stereocenters. The average Bonchev–Trinajstić information content (AvgIpc) is 2.47. The first-order chi connectivity index (χ1) is 10.3. The van der Waals surface area contributed by atoms with Gasteiger partial charge in [-0.15, -0.1) is 6.42 Å². The zero-order valence-corrected chi connectivity index (χ0v) is 13.6. The summed E-state index contributed by atoms with van der Waals surface area (Å²) in [6.45, 7) is 4.24. The highest BCUT2D eigenvalue weighted by Crippen LogP contribution is 2.07. The van der Waals surface area contributed by atoms with Gasteiger partial charge >= 0.3 is 6.03 Å². The molecule has 0 bridgehead atoms. The van der Waals surface area contributed by atoms with Crippen LogP contribution in [0.5, 0.6) is 0 Å². The number of nitrogens with one attached hydrogen (secondary N) is 1. The van der Waals surface area contributed by atoms with Crippen molar-refractivity contribution in [1.29, 1.82) is 0 Å². The number of terminal acetylenes is 1. The van der Waals surface area contributed by atoms with Gasteiger partial charge in [-0.3, -0.25) is 4.79 Å². The Kier molecular flexibility index (Phi) is 6.46. The van der Waals surface area contributed by atoms with Crippen LogP contribution in [0.25, 0.3) is 0 Å². The van der Waals surface area contributed by atoms with E-state index in [4.69, 9.17) is 6.42 Å². The summed E-state index contributed by atoms with van der Waals surface area (Å²) in [6, 6.07) is 6.95. The summed E-state index contributed by atoms with van der Waals surface area (Å²) in [5.41, 5.74) is 2.14. The van der Waals surface area contributed by atoms with Crippen LogP contribution >= 0.6 is 0 Å². The molecule has 0 aromatic heterocycles. The molecule has 0 heterocycles. The molecular weight excluding hydrogens is 278 g/mol. The van der Waals surface area contributed by atoms with Crippen LogP contribution in [0.4, 0.5) is 4.79 Å². The zero-order valence-electron chi connectivity index (χ0n) is 13.6. The minimum absolute atomic E-state index is 0.163. The summed E-state index contributed by atoms with van der Waals surface area (Å²) in [4.78, 5) is 27.0. The highest BCUT2D eigenvalue weighted by atomic mass is 16.2. The van der Waals surface area contributed by atoms with Crippen molar-refractivity contribution in [2.45, 2.75) is 26.4 Å². The fourth-order valence-corrected chi connectivity index (χ4v) is 1.95. The van der Waals surface area contributed by atoms with Gasteiger partial charge in [0, 0.05) is 20.6 Å². The maximum absolute atomic E-state index is 12.3. The largest absolute Gasteiger partial charge is 0.347 e. The van der Waals surface area contributed by atoms with E-state index in [0.717, 1.165) is 11.1 Å². The lowest BCUT2D eigenvalue weighted by Gasteiger charge is -2.24. The number of aryl methyl sites for hydroxylation is 1. The Bertz CT molecular complexity index is 558. The summed E-state index contributed by atoms with van der Waals surface area (Å²) in [5.74, 6) is 2.31. The van der Waals surface area contributed by atoms with Crippen molar-refractivity contribution in [3.8, 4) is 12.3 Å². The predicted molar refractivity (Wildman–Crippen MR) is 87.1 cm³/mol. The Morgan fingerprint density at radius 1 is 1.27 bits per heavy atom. The van der Waals surface area contributed by atoms with Gasteiger partial charge in [0.1, 0.15) is 6.04 Å². The molecule has 22 heavy (non-hydrogen) atoms. The van der Waals surface area contributed by atoms with E-state index >= 15 is 0 Å². The van der Waals surface area contributed by atoms with Crippen LogP contribution in [-0.4, -0.2) is 48.4 Å². The number of rotatable bonds is 5. The Hall–Kier alpha value is -2.48. The number of carbonyl (C=O) groups excluding carboxylic acids is 2. The summed E-state index contributed by atoms with van der Waals surface area (Å²) in [6.07, 6.45) is 5.34. The van der Waals surface area contributed by atoms with Gasteiger partial charge in [-0.2, -0.15) is 0 Å². The molecule has 0 aliphatic rings. The molecule has 0 saturated heterocycles. The molecule has 118 valence electrons. The van der Waals surface area contributed by atoms with Crippen LogP contribution in [0.2, 0.25) is 0 Å². The van der Waals surface area contributed by atoms with E-state index in [1.54, 1.807) is 21.0 Å². The molecule has 0 radical (unpaired) electrons. The van der Waals surface area contributed by atoms with E-state index in [1.807, 2.05) is 31.2 Å². The third-order valence-electron chi connectivity index (χ3n) is 3.21. The average molecular weight is 301 g/mol. The van der Waals surface area contributed by atoms with Crippen molar-refractivity contribution >= 4 is 11.9 Å². The lowest BCUT2D eigenvalue weighted by Crippen LogP contribution is -2.49. The minimum atomic E-state index is -0.596. The van der Waals surface area contributed by atoms with Crippen molar-refractivity contribution in [2.24, 2.45) is 0 Å². The topological polar surface area (TPSA) is 52.7 Å². The van der Waals surface area contributed by atoms with E-state index in [-0.39, 0.29) is 18.5 Å². The molecular formula is C17H23N3O2. The molecule has 5 heteroatoms. The molecule has 1 N–H and O–H groups in total. The van der Waals surface area contributed by atoms with Gasteiger partial charge in [-0.1, -0.05) is 35.7 Å². The lowest BCUT2D eigenvalue weighted by atomic mass is 10.1. The van der Waals surface area contributed by atoms with Gasteiger partial charge in [0.25, 0.3) is 0 Å². The first kappa shape index (κ1) is 17.6. The second-order valence-electron chi connectivity index (χ2n) is 5.45. The number of benzene rings is 1. The summed E-state index contributed by atoms with van der Waals surface area (Å²) in [5, 5.41) is 2.68. The number of nitrogens with zero attached hydrogens (tertiary/aromatic N) is 2. The molecule has 0 saturated carbocycles. The van der Waals surface area contributed by atoms with Crippen molar-refractivity contribution < 1.29 is 9.59 Å². The fraction of sp³-hybridized carbons (Fsp3) is 0.412. The SMILES string of the molecule is C#CCN(Cc1ccc(C)cc1)C(=O)NC(C)C(=O)N(C)C. The maximum Gasteiger partial charge on any atom is 0.319 e. The van der Waals surface area contributed by atoms with Gasteiger partial charge in [0.15, 0.2) is 0 Å². The molecule has 0 fully saturated rings. The summed E-state index contributed by atoms with van der Waals surface area (Å²) >= 11 is 0. The number of likely N-dealkylation sites (N-methyl/N-ethyl adjacent to an activating group) is 1. The first-order valence-electron chi connectivity index (χ1n) is 7.10. The summed E-state index contributed by atoms with van der Waals surface area (Å²) < 4.78 is 0. The predicted octanol–water partition coefficient (Wildman–Crippen LogP) is 1.62. The van der Waals surface area contributed by atoms with E-state index in [2.05, 4.69) is 11.2 Å². The Morgan fingerprint density at radius 2 is 1.86 bits per heavy atom. The van der Waals surface area contributed by atoms with Crippen molar-refractivity contribution in [3.05, 3.63) is 35.4 Å². The summed E-state index contributed by atoms with van der Waals surface area (Å²) in [7, 11) is 3.30. The van der Waals surface area contributed by atoms with Crippen LogP contribution in [0, 0.1) is 19.3 Å². The first-order valence-corrected chi connectivity index (χ1v) is 7.10. The second kappa shape index (κ2) is 8.08. The standard InChI is InChI=1S/C17H23N3O2/c1-6-11-20(12-15-9-7-13(2)8-10-15)17(22)18-14(3)16(21)19(4)5/h1,7-10,14H,11-12H2,2-5H3,(H,18,22). The van der Waals surface area contributed by atoms with Crippen LogP contribution in [0.3, 0.4) is 0 Å². The quantitative estimate of drug-likeness (QED) is 0.840. The highest BCUT2D eigenvalue weighted by Gasteiger charge is 2.20. The number of amides is 3. The molecule has 3 amide bonds. The van der Waals surface area contributed by atoms with Gasteiger partial charge < -0.3 is 15.1 Å². The fourth-order valence-electron chi connectivity index (χ4n) is 1.95. The van der Waals surface area contributed by atoms with Crippen molar-refractivity contribution in [1.82, 2.24) is 15.1 Å². The number of hydrogen-bond donors (Lipinski definition) is 1. The minimum Gasteiger partial charge on any atom is -0.347 e. The van der Waals surface area contributed by atoms with Crippen LogP contribution in [0.1, 0.15) is 18.1 Å². The monoisotopic (exact) mass is 301 g/mol. The molecule has 5 nitrogen and oxygen atoms in total. The Labute approximate surface area is 132 Å². The molecule has 1 rings (SSSR count). The number of urea groups is 1. The normalized spacial score (nSPS) is 11.2. The van der Waals surface area contributed by atoms with Crippen molar-refractivity contribution in [2.75, 3.05) is 20.6 Å². The zero-order chi connectivity index (χ0) is 16.7. The number of carbonyl (C=O) groups is 2. The van der Waals surface area contributed by atoms with Gasteiger partial charge in [0.05, 0.1) is 6.54 Å². The molecule has 1 unspecified atom stereocenters. The van der Waals surface area contributed by atoms with Crippen LogP contribution in [-0.2, 0) is 11.3 Å². The molecule has 0 aliphatic heterocycles. The van der Waals surface area contributed by atoms with E-state index in [0.29, 0.717) is 6.54 Å². The molecule has 1 aromatic carbocycles. The molecule has 1 aromatic rings. The van der Waals surface area contributed by atoms with Crippen LogP contribution < -0.4 is 5.32 Å². The van der Waals surface area contributed by atoms with Gasteiger partial charge in [-0.05, 0) is 19.4 Å². The molecule has 0 spiro atoms. The lowest BCUT2D eigenvalue weighted by molar-refractivity contribution is -0.130. The Balaban J connectivity index is 2.73. The smallest absolute Gasteiger partial charge is 0.319 e. The Morgan fingerprint density at radius 3 is 2.36 bits per heavy atom. The maximum atomic E-state index is 12.3. The van der Waals surface area contributed by atoms with Gasteiger partial charge in [-0.25, -0.2) is 4.79 Å². The van der Waals surface area contributed by atoms with E-state index < -0.39 is 6.04 Å². The van der Waals surface area contributed by atoms with E-state index in [9.17, 15) is 9.59 Å². The third kappa shape index (κ3) is 5.13. The molecule has 0 aliphatic carbocycles. The third-order valence-corrected chi connectivity index (χ3v) is 3.21. The highest BCUT2D eigenvalue weighted by molar-refractivity contribution is 5.86. The van der Waals surface area contributed by atoms with Crippen LogP contribution in [0.15, 0.2) is 24.3 Å². The van der Waals surface area contributed by atoms with Gasteiger partial charge in [0.2, 0.25) is 5.91 Å². The second-order valence-corrected chi connectivity index (χ2v) is 5.45. The number of hydrogen-bond acceptors (Lipinski definition) is 2. The van der Waals surface area contributed by atoms with Crippen molar-refractivity contribution in [3.63, 3.8) is 0 Å².